The fraction of sp³-hybridized carbons (Fsp3) is 1.00. The maximum Gasteiger partial charge on any atom is -0.00222 e. The number of nitrogens with zero attached hydrogens (tertiary/aromatic N) is 1. The minimum atomic E-state index is 0. The van der Waals surface area contributed by atoms with Crippen LogP contribution in [-0.4, -0.2) is 31.0 Å². The molecular formula is C10H23NO. The van der Waals surface area contributed by atoms with Crippen molar-refractivity contribution in [3.05, 3.63) is 0 Å². The Labute approximate surface area is 76.3 Å². The van der Waals surface area contributed by atoms with Crippen LogP contribution in [-0.2, 0) is 0 Å². The fourth-order valence-corrected chi connectivity index (χ4v) is 1.92. The van der Waals surface area contributed by atoms with Gasteiger partial charge in [0.2, 0.25) is 0 Å². The highest BCUT2D eigenvalue weighted by atomic mass is 16.0. The Morgan fingerprint density at radius 3 is 2.17 bits per heavy atom. The first-order chi connectivity index (χ1) is 5.29. The lowest BCUT2D eigenvalue weighted by atomic mass is 9.87. The molecule has 0 saturated heterocycles. The molecule has 0 atom stereocenters. The van der Waals surface area contributed by atoms with Gasteiger partial charge in [0.05, 0.1) is 0 Å². The second kappa shape index (κ2) is 6.44. The van der Waals surface area contributed by atoms with Crippen molar-refractivity contribution in [1.82, 2.24) is 4.90 Å². The predicted octanol–water partition coefficient (Wildman–Crippen LogP) is 1.69. The van der Waals surface area contributed by atoms with Gasteiger partial charge in [-0.2, -0.15) is 0 Å². The summed E-state index contributed by atoms with van der Waals surface area (Å²) in [6.45, 7) is 1.28. The monoisotopic (exact) mass is 173 g/mol. The standard InChI is InChI=1S/C10H21N.H2O/c1-11(2)9-8-10-6-4-3-5-7-10;/h10H,3-9H2,1-2H3;1H2. The average molecular weight is 173 g/mol. The van der Waals surface area contributed by atoms with Gasteiger partial charge in [0, 0.05) is 0 Å². The van der Waals surface area contributed by atoms with Crippen LogP contribution in [0.25, 0.3) is 0 Å². The lowest BCUT2D eigenvalue weighted by molar-refractivity contribution is 0.291. The Morgan fingerprint density at radius 2 is 1.67 bits per heavy atom. The molecule has 0 unspecified atom stereocenters. The molecule has 0 heterocycles. The van der Waals surface area contributed by atoms with E-state index in [1.807, 2.05) is 0 Å². The Hall–Kier alpha value is -0.0800. The van der Waals surface area contributed by atoms with Gasteiger partial charge in [-0.15, -0.1) is 0 Å². The Morgan fingerprint density at radius 1 is 1.08 bits per heavy atom. The molecular weight excluding hydrogens is 150 g/mol. The van der Waals surface area contributed by atoms with E-state index in [1.54, 1.807) is 0 Å². The summed E-state index contributed by atoms with van der Waals surface area (Å²) in [6, 6.07) is 0. The third kappa shape index (κ3) is 4.73. The van der Waals surface area contributed by atoms with E-state index < -0.39 is 0 Å². The van der Waals surface area contributed by atoms with Gasteiger partial charge in [0.25, 0.3) is 0 Å². The van der Waals surface area contributed by atoms with E-state index in [2.05, 4.69) is 19.0 Å². The second-order valence-corrected chi connectivity index (χ2v) is 4.10. The molecule has 0 radical (unpaired) electrons. The topological polar surface area (TPSA) is 34.7 Å². The molecule has 74 valence electrons. The van der Waals surface area contributed by atoms with Gasteiger partial charge in [-0.05, 0) is 33.0 Å². The maximum atomic E-state index is 2.30. The minimum absolute atomic E-state index is 0. The van der Waals surface area contributed by atoms with Crippen molar-refractivity contribution < 1.29 is 5.48 Å². The number of rotatable bonds is 3. The van der Waals surface area contributed by atoms with Gasteiger partial charge in [-0.3, -0.25) is 0 Å². The van der Waals surface area contributed by atoms with Crippen molar-refractivity contribution in [2.75, 3.05) is 20.6 Å². The van der Waals surface area contributed by atoms with E-state index in [0.29, 0.717) is 0 Å². The Bertz CT molecular complexity index is 98.0. The van der Waals surface area contributed by atoms with Crippen molar-refractivity contribution in [2.24, 2.45) is 5.92 Å². The summed E-state index contributed by atoms with van der Waals surface area (Å²) >= 11 is 0. The summed E-state index contributed by atoms with van der Waals surface area (Å²) in [4.78, 5) is 2.30. The van der Waals surface area contributed by atoms with Crippen LogP contribution in [0.1, 0.15) is 38.5 Å². The van der Waals surface area contributed by atoms with Crippen LogP contribution in [0.3, 0.4) is 0 Å². The lowest BCUT2D eigenvalue weighted by Crippen LogP contribution is -2.18. The zero-order chi connectivity index (χ0) is 8.10. The molecule has 0 aromatic carbocycles. The van der Waals surface area contributed by atoms with E-state index in [-0.39, 0.29) is 5.48 Å². The van der Waals surface area contributed by atoms with Crippen LogP contribution < -0.4 is 0 Å². The van der Waals surface area contributed by atoms with Gasteiger partial charge < -0.3 is 10.4 Å². The average Bonchev–Trinajstić information content (AvgIpc) is 2.03. The lowest BCUT2D eigenvalue weighted by Gasteiger charge is -2.22. The molecule has 0 aromatic rings. The smallest absolute Gasteiger partial charge is 0.00222 e. The van der Waals surface area contributed by atoms with Gasteiger partial charge >= 0.3 is 0 Å². The van der Waals surface area contributed by atoms with Gasteiger partial charge in [-0.1, -0.05) is 32.1 Å². The van der Waals surface area contributed by atoms with Gasteiger partial charge in [0.1, 0.15) is 0 Å². The molecule has 1 saturated carbocycles. The van der Waals surface area contributed by atoms with Crippen LogP contribution >= 0.6 is 0 Å². The zero-order valence-electron chi connectivity index (χ0n) is 8.47. The van der Waals surface area contributed by atoms with Crippen molar-refractivity contribution in [2.45, 2.75) is 38.5 Å². The summed E-state index contributed by atoms with van der Waals surface area (Å²) in [7, 11) is 4.34. The van der Waals surface area contributed by atoms with E-state index in [4.69, 9.17) is 0 Å². The first-order valence-electron chi connectivity index (χ1n) is 4.94. The van der Waals surface area contributed by atoms with Gasteiger partial charge in [-0.25, -0.2) is 0 Å². The SMILES string of the molecule is CN(C)CCC1CCCCC1.O. The highest BCUT2D eigenvalue weighted by molar-refractivity contribution is 4.66. The van der Waals surface area contributed by atoms with E-state index in [1.165, 1.54) is 45.1 Å². The van der Waals surface area contributed by atoms with Crippen molar-refractivity contribution in [3.63, 3.8) is 0 Å². The van der Waals surface area contributed by atoms with E-state index >= 15 is 0 Å². The molecule has 1 fully saturated rings. The maximum absolute atomic E-state index is 2.30. The Kier molecular flexibility index (Phi) is 6.39. The van der Waals surface area contributed by atoms with Crippen LogP contribution in [0, 0.1) is 5.92 Å². The summed E-state index contributed by atoms with van der Waals surface area (Å²) in [5, 5.41) is 0. The van der Waals surface area contributed by atoms with Crippen LogP contribution in [0.5, 0.6) is 0 Å². The molecule has 2 nitrogen and oxygen atoms in total. The molecule has 1 aliphatic rings. The van der Waals surface area contributed by atoms with E-state index in [9.17, 15) is 0 Å². The first kappa shape index (κ1) is 11.9. The van der Waals surface area contributed by atoms with Crippen molar-refractivity contribution >= 4 is 0 Å². The number of hydrogen-bond donors (Lipinski definition) is 0. The predicted molar refractivity (Wildman–Crippen MR) is 53.4 cm³/mol. The van der Waals surface area contributed by atoms with Crippen molar-refractivity contribution in [1.29, 1.82) is 0 Å². The van der Waals surface area contributed by atoms with Crippen molar-refractivity contribution in [3.8, 4) is 0 Å². The summed E-state index contributed by atoms with van der Waals surface area (Å²) < 4.78 is 0. The summed E-state index contributed by atoms with van der Waals surface area (Å²) in [5.41, 5.74) is 0. The highest BCUT2D eigenvalue weighted by Gasteiger charge is 2.12. The third-order valence-corrected chi connectivity index (χ3v) is 2.71. The fourth-order valence-electron chi connectivity index (χ4n) is 1.92. The first-order valence-corrected chi connectivity index (χ1v) is 4.94. The van der Waals surface area contributed by atoms with Crippen LogP contribution in [0.2, 0.25) is 0 Å². The quantitative estimate of drug-likeness (QED) is 0.639. The van der Waals surface area contributed by atoms with Gasteiger partial charge in [0.15, 0.2) is 0 Å². The van der Waals surface area contributed by atoms with Crippen LogP contribution in [0.4, 0.5) is 0 Å². The summed E-state index contributed by atoms with van der Waals surface area (Å²) in [6.07, 6.45) is 8.86. The zero-order valence-corrected chi connectivity index (χ0v) is 8.47. The molecule has 0 amide bonds. The molecule has 12 heavy (non-hydrogen) atoms. The largest absolute Gasteiger partial charge is 0.412 e. The molecule has 0 aliphatic heterocycles. The Balaban J connectivity index is 0.00000121. The molecule has 0 aromatic heterocycles. The third-order valence-electron chi connectivity index (χ3n) is 2.71. The summed E-state index contributed by atoms with van der Waals surface area (Å²) in [5.74, 6) is 1.05. The number of hydrogen-bond acceptors (Lipinski definition) is 1. The second-order valence-electron chi connectivity index (χ2n) is 4.10. The van der Waals surface area contributed by atoms with Crippen LogP contribution in [0.15, 0.2) is 0 Å². The normalized spacial score (nSPS) is 19.2. The molecule has 1 aliphatic carbocycles. The molecule has 0 spiro atoms. The molecule has 2 N–H and O–H groups in total. The molecule has 2 heteroatoms. The molecule has 0 bridgehead atoms. The molecule has 1 rings (SSSR count). The highest BCUT2D eigenvalue weighted by Crippen LogP contribution is 2.25. The van der Waals surface area contributed by atoms with E-state index in [0.717, 1.165) is 5.92 Å². The minimum Gasteiger partial charge on any atom is -0.412 e.